The van der Waals surface area contributed by atoms with Crippen LogP contribution >= 0.6 is 0 Å². The second kappa shape index (κ2) is 3.63. The van der Waals surface area contributed by atoms with Gasteiger partial charge in [0.15, 0.2) is 0 Å². The lowest BCUT2D eigenvalue weighted by molar-refractivity contribution is 0.511. The molecule has 0 unspecified atom stereocenters. The number of rotatable bonds is 3. The van der Waals surface area contributed by atoms with E-state index in [1.807, 2.05) is 0 Å². The first-order valence-corrected chi connectivity index (χ1v) is 5.96. The zero-order chi connectivity index (χ0) is 11.1. The zero-order valence-corrected chi connectivity index (χ0v) is 9.84. The molecule has 84 valence electrons. The molecule has 0 aliphatic heterocycles. The van der Waals surface area contributed by atoms with Crippen LogP contribution < -0.4 is 5.32 Å². The molecule has 1 aromatic carbocycles. The van der Waals surface area contributed by atoms with Crippen LogP contribution in [0, 0.1) is 13.8 Å². The van der Waals surface area contributed by atoms with Crippen LogP contribution in [0.5, 0.6) is 0 Å². The number of fused-ring (bicyclic) bond motifs is 1. The quantitative estimate of drug-likeness (QED) is 0.849. The fourth-order valence-electron chi connectivity index (χ4n) is 2.01. The fourth-order valence-corrected chi connectivity index (χ4v) is 2.01. The van der Waals surface area contributed by atoms with E-state index in [4.69, 9.17) is 4.42 Å². The van der Waals surface area contributed by atoms with Gasteiger partial charge >= 0.3 is 0 Å². The maximum atomic E-state index is 5.90. The van der Waals surface area contributed by atoms with Crippen LogP contribution in [0.1, 0.15) is 29.7 Å². The van der Waals surface area contributed by atoms with Gasteiger partial charge in [-0.15, -0.1) is 0 Å². The molecule has 0 amide bonds. The first-order valence-electron chi connectivity index (χ1n) is 5.96. The summed E-state index contributed by atoms with van der Waals surface area (Å²) in [7, 11) is 0. The molecule has 0 spiro atoms. The number of hydrogen-bond donors (Lipinski definition) is 1. The van der Waals surface area contributed by atoms with E-state index in [2.05, 4.69) is 37.4 Å². The lowest BCUT2D eigenvalue weighted by Crippen LogP contribution is -2.14. The molecule has 0 bridgehead atoms. The SMILES string of the molecule is Cc1ccc2cc(CNC3CC3)oc2c1C. The van der Waals surface area contributed by atoms with E-state index in [1.165, 1.54) is 29.4 Å². The molecule has 1 fully saturated rings. The number of benzene rings is 1. The summed E-state index contributed by atoms with van der Waals surface area (Å²) in [6, 6.07) is 7.18. The van der Waals surface area contributed by atoms with Gasteiger partial charge < -0.3 is 9.73 Å². The molecule has 1 N–H and O–H groups in total. The second-order valence-corrected chi connectivity index (χ2v) is 4.79. The Bertz CT molecular complexity index is 523. The highest BCUT2D eigenvalue weighted by Crippen LogP contribution is 2.26. The summed E-state index contributed by atoms with van der Waals surface area (Å²) < 4.78 is 5.90. The summed E-state index contributed by atoms with van der Waals surface area (Å²) in [5, 5.41) is 4.69. The first-order chi connectivity index (χ1) is 7.74. The molecule has 0 radical (unpaired) electrons. The van der Waals surface area contributed by atoms with Crippen molar-refractivity contribution in [2.45, 2.75) is 39.3 Å². The standard InChI is InChI=1S/C14H17NO/c1-9-3-4-11-7-13(8-15-12-5-6-12)16-14(11)10(9)2/h3-4,7,12,15H,5-6,8H2,1-2H3. The number of hydrogen-bond acceptors (Lipinski definition) is 2. The Morgan fingerprint density at radius 1 is 1.31 bits per heavy atom. The highest BCUT2D eigenvalue weighted by Gasteiger charge is 2.20. The molecule has 0 saturated heterocycles. The van der Waals surface area contributed by atoms with Crippen LogP contribution in [-0.2, 0) is 6.54 Å². The molecule has 2 aromatic rings. The Balaban J connectivity index is 1.91. The van der Waals surface area contributed by atoms with E-state index in [-0.39, 0.29) is 0 Å². The molecule has 2 heteroatoms. The fraction of sp³-hybridized carbons (Fsp3) is 0.429. The van der Waals surface area contributed by atoms with E-state index in [9.17, 15) is 0 Å². The molecule has 1 aliphatic rings. The van der Waals surface area contributed by atoms with Crippen molar-refractivity contribution >= 4 is 11.0 Å². The van der Waals surface area contributed by atoms with Gasteiger partial charge in [-0.1, -0.05) is 12.1 Å². The van der Waals surface area contributed by atoms with E-state index in [0.717, 1.165) is 23.9 Å². The van der Waals surface area contributed by atoms with Gasteiger partial charge in [-0.25, -0.2) is 0 Å². The van der Waals surface area contributed by atoms with Crippen molar-refractivity contribution in [3.8, 4) is 0 Å². The summed E-state index contributed by atoms with van der Waals surface area (Å²) in [5.41, 5.74) is 3.60. The highest BCUT2D eigenvalue weighted by atomic mass is 16.3. The topological polar surface area (TPSA) is 25.2 Å². The lowest BCUT2D eigenvalue weighted by atomic mass is 10.1. The average molecular weight is 215 g/mol. The molecule has 1 aromatic heterocycles. The van der Waals surface area contributed by atoms with Crippen molar-refractivity contribution in [2.75, 3.05) is 0 Å². The van der Waals surface area contributed by atoms with Crippen LogP contribution in [0.15, 0.2) is 22.6 Å². The van der Waals surface area contributed by atoms with Crippen molar-refractivity contribution in [3.05, 3.63) is 35.1 Å². The first kappa shape index (κ1) is 9.91. The predicted octanol–water partition coefficient (Wildman–Crippen LogP) is 3.30. The number of furan rings is 1. The van der Waals surface area contributed by atoms with Gasteiger partial charge in [0, 0.05) is 11.4 Å². The smallest absolute Gasteiger partial charge is 0.137 e. The van der Waals surface area contributed by atoms with Gasteiger partial charge in [0.05, 0.1) is 6.54 Å². The van der Waals surface area contributed by atoms with Crippen molar-refractivity contribution in [2.24, 2.45) is 0 Å². The van der Waals surface area contributed by atoms with E-state index >= 15 is 0 Å². The maximum Gasteiger partial charge on any atom is 0.137 e. The van der Waals surface area contributed by atoms with E-state index in [1.54, 1.807) is 0 Å². The van der Waals surface area contributed by atoms with E-state index < -0.39 is 0 Å². The van der Waals surface area contributed by atoms with Crippen LogP contribution in [0.2, 0.25) is 0 Å². The van der Waals surface area contributed by atoms with Gasteiger partial charge in [-0.05, 0) is 43.9 Å². The third-order valence-corrected chi connectivity index (χ3v) is 3.40. The Morgan fingerprint density at radius 3 is 2.88 bits per heavy atom. The Labute approximate surface area is 95.6 Å². The zero-order valence-electron chi connectivity index (χ0n) is 9.84. The van der Waals surface area contributed by atoms with E-state index in [0.29, 0.717) is 0 Å². The minimum Gasteiger partial charge on any atom is -0.459 e. The van der Waals surface area contributed by atoms with Gasteiger partial charge in [0.1, 0.15) is 11.3 Å². The Hall–Kier alpha value is -1.28. The molecular formula is C14H17NO. The van der Waals surface area contributed by atoms with Crippen LogP contribution in [0.3, 0.4) is 0 Å². The van der Waals surface area contributed by atoms with Gasteiger partial charge in [0.25, 0.3) is 0 Å². The summed E-state index contributed by atoms with van der Waals surface area (Å²) in [4.78, 5) is 0. The highest BCUT2D eigenvalue weighted by molar-refractivity contribution is 5.82. The third-order valence-electron chi connectivity index (χ3n) is 3.40. The molecule has 0 atom stereocenters. The summed E-state index contributed by atoms with van der Waals surface area (Å²) in [6.07, 6.45) is 2.64. The number of nitrogens with one attached hydrogen (secondary N) is 1. The summed E-state index contributed by atoms with van der Waals surface area (Å²) in [6.45, 7) is 5.11. The van der Waals surface area contributed by atoms with Gasteiger partial charge in [-0.3, -0.25) is 0 Å². The molecular weight excluding hydrogens is 198 g/mol. The number of aryl methyl sites for hydroxylation is 2. The van der Waals surface area contributed by atoms with Crippen LogP contribution in [0.25, 0.3) is 11.0 Å². The van der Waals surface area contributed by atoms with Gasteiger partial charge in [-0.2, -0.15) is 0 Å². The van der Waals surface area contributed by atoms with Crippen LogP contribution in [0.4, 0.5) is 0 Å². The summed E-state index contributed by atoms with van der Waals surface area (Å²) in [5.74, 6) is 1.05. The Kier molecular flexibility index (Phi) is 2.25. The average Bonchev–Trinajstić information content (AvgIpc) is 3.01. The maximum absolute atomic E-state index is 5.90. The van der Waals surface area contributed by atoms with Crippen molar-refractivity contribution in [3.63, 3.8) is 0 Å². The molecule has 1 heterocycles. The van der Waals surface area contributed by atoms with Crippen molar-refractivity contribution in [1.29, 1.82) is 0 Å². The second-order valence-electron chi connectivity index (χ2n) is 4.79. The minimum absolute atomic E-state index is 0.732. The predicted molar refractivity (Wildman–Crippen MR) is 65.5 cm³/mol. The summed E-state index contributed by atoms with van der Waals surface area (Å²) >= 11 is 0. The van der Waals surface area contributed by atoms with Gasteiger partial charge in [0.2, 0.25) is 0 Å². The monoisotopic (exact) mass is 215 g/mol. The minimum atomic E-state index is 0.732. The molecule has 1 aliphatic carbocycles. The molecule has 16 heavy (non-hydrogen) atoms. The molecule has 2 nitrogen and oxygen atoms in total. The largest absolute Gasteiger partial charge is 0.459 e. The Morgan fingerprint density at radius 2 is 2.12 bits per heavy atom. The van der Waals surface area contributed by atoms with Crippen molar-refractivity contribution in [1.82, 2.24) is 5.32 Å². The normalized spacial score (nSPS) is 15.9. The third kappa shape index (κ3) is 1.74. The molecule has 1 saturated carbocycles. The van der Waals surface area contributed by atoms with Crippen molar-refractivity contribution < 1.29 is 4.42 Å². The van der Waals surface area contributed by atoms with Crippen LogP contribution in [-0.4, -0.2) is 6.04 Å². The molecule has 3 rings (SSSR count). The lowest BCUT2D eigenvalue weighted by Gasteiger charge is -1.99.